The van der Waals surface area contributed by atoms with E-state index in [-0.39, 0.29) is 22.1 Å². The van der Waals surface area contributed by atoms with Crippen LogP contribution >= 0.6 is 11.6 Å². The topological polar surface area (TPSA) is 114 Å². The Morgan fingerprint density at radius 2 is 1.67 bits per heavy atom. The summed E-state index contributed by atoms with van der Waals surface area (Å²) in [6.07, 6.45) is 2.58. The molecule has 2 N–H and O–H groups in total. The van der Waals surface area contributed by atoms with Crippen molar-refractivity contribution in [1.82, 2.24) is 15.2 Å². The number of halogens is 1. The molecule has 1 aliphatic rings. The lowest BCUT2D eigenvalue weighted by molar-refractivity contribution is -0.123. The molecule has 2 amide bonds. The molecule has 1 heterocycles. The molecule has 0 aliphatic carbocycles. The van der Waals surface area contributed by atoms with Gasteiger partial charge in [0.2, 0.25) is 10.0 Å². The van der Waals surface area contributed by atoms with Crippen LogP contribution in [0.1, 0.15) is 36.5 Å². The van der Waals surface area contributed by atoms with E-state index >= 15 is 0 Å². The molecule has 1 saturated heterocycles. The van der Waals surface area contributed by atoms with E-state index in [0.717, 1.165) is 19.3 Å². The Kier molecular flexibility index (Phi) is 8.54. The van der Waals surface area contributed by atoms with Crippen molar-refractivity contribution >= 4 is 33.4 Å². The number of benzene rings is 2. The first-order chi connectivity index (χ1) is 15.8. The number of nitrogens with zero attached hydrogens (tertiary/aromatic N) is 1. The van der Waals surface area contributed by atoms with Gasteiger partial charge in [0.15, 0.2) is 18.1 Å². The molecule has 3 rings (SSSR count). The van der Waals surface area contributed by atoms with E-state index in [2.05, 4.69) is 10.9 Å². The molecule has 1 aliphatic heterocycles. The molecule has 0 saturated carbocycles. The molecule has 2 aromatic carbocycles. The molecule has 33 heavy (non-hydrogen) atoms. The molecular formula is C22H26ClN3O6S. The van der Waals surface area contributed by atoms with Crippen LogP contribution in [-0.4, -0.2) is 50.8 Å². The fourth-order valence-corrected chi connectivity index (χ4v) is 5.06. The number of hydrogen-bond acceptors (Lipinski definition) is 6. The highest BCUT2D eigenvalue weighted by molar-refractivity contribution is 7.89. The van der Waals surface area contributed by atoms with E-state index < -0.39 is 21.8 Å². The summed E-state index contributed by atoms with van der Waals surface area (Å²) in [7, 11) is -3.74. The lowest BCUT2D eigenvalue weighted by atomic mass is 10.2. The van der Waals surface area contributed by atoms with Gasteiger partial charge in [0, 0.05) is 13.1 Å². The van der Waals surface area contributed by atoms with Crippen LogP contribution in [0.5, 0.6) is 11.5 Å². The number of carbonyl (C=O) groups excluding carboxylic acids is 2. The van der Waals surface area contributed by atoms with E-state index in [1.807, 2.05) is 6.92 Å². The normalized spacial score (nSPS) is 14.4. The molecule has 0 aromatic heterocycles. The van der Waals surface area contributed by atoms with Crippen molar-refractivity contribution in [2.45, 2.75) is 31.1 Å². The monoisotopic (exact) mass is 495 g/mol. The fourth-order valence-electron chi connectivity index (χ4n) is 3.31. The van der Waals surface area contributed by atoms with Gasteiger partial charge in [-0.1, -0.05) is 30.2 Å². The second-order valence-corrected chi connectivity index (χ2v) is 9.62. The fraction of sp³-hybridized carbons (Fsp3) is 0.364. The highest BCUT2D eigenvalue weighted by Gasteiger charge is 2.27. The van der Waals surface area contributed by atoms with Gasteiger partial charge < -0.3 is 9.47 Å². The Bertz CT molecular complexity index is 1100. The summed E-state index contributed by atoms with van der Waals surface area (Å²) in [5, 5.41) is 0.0567. The van der Waals surface area contributed by atoms with Gasteiger partial charge in [0.05, 0.1) is 22.1 Å². The van der Waals surface area contributed by atoms with Crippen molar-refractivity contribution in [3.05, 3.63) is 53.1 Å². The van der Waals surface area contributed by atoms with Crippen molar-refractivity contribution in [3.8, 4) is 11.5 Å². The Labute approximate surface area is 198 Å². The molecule has 0 atom stereocenters. The maximum atomic E-state index is 12.9. The van der Waals surface area contributed by atoms with Gasteiger partial charge in [-0.25, -0.2) is 8.42 Å². The minimum Gasteiger partial charge on any atom is -0.490 e. The van der Waals surface area contributed by atoms with Crippen molar-refractivity contribution in [1.29, 1.82) is 0 Å². The second-order valence-electron chi connectivity index (χ2n) is 7.28. The third-order valence-electron chi connectivity index (χ3n) is 4.96. The summed E-state index contributed by atoms with van der Waals surface area (Å²) in [5.74, 6) is -0.489. The Hall–Kier alpha value is -2.82. The Morgan fingerprint density at radius 1 is 1.00 bits per heavy atom. The van der Waals surface area contributed by atoms with Gasteiger partial charge >= 0.3 is 0 Å². The first kappa shape index (κ1) is 24.8. The van der Waals surface area contributed by atoms with E-state index in [9.17, 15) is 18.0 Å². The minimum absolute atomic E-state index is 0.0267. The van der Waals surface area contributed by atoms with E-state index in [4.69, 9.17) is 21.1 Å². The van der Waals surface area contributed by atoms with Crippen LogP contribution in [-0.2, 0) is 14.8 Å². The number of carbonyl (C=O) groups is 2. The number of amides is 2. The molecule has 0 unspecified atom stereocenters. The van der Waals surface area contributed by atoms with E-state index in [1.54, 1.807) is 24.3 Å². The molecule has 0 bridgehead atoms. The molecule has 11 heteroatoms. The van der Waals surface area contributed by atoms with Crippen molar-refractivity contribution in [2.24, 2.45) is 0 Å². The van der Waals surface area contributed by atoms with Crippen LogP contribution < -0.4 is 20.3 Å². The average Bonchev–Trinajstić information content (AvgIpc) is 2.83. The summed E-state index contributed by atoms with van der Waals surface area (Å²) >= 11 is 6.11. The maximum absolute atomic E-state index is 12.9. The number of ether oxygens (including phenoxy) is 2. The predicted octanol–water partition coefficient (Wildman–Crippen LogP) is 2.75. The maximum Gasteiger partial charge on any atom is 0.276 e. The van der Waals surface area contributed by atoms with Crippen LogP contribution in [0.2, 0.25) is 5.02 Å². The van der Waals surface area contributed by atoms with Crippen molar-refractivity contribution in [2.75, 3.05) is 26.3 Å². The summed E-state index contributed by atoms with van der Waals surface area (Å²) in [6, 6.07) is 10.8. The second kappa shape index (κ2) is 11.4. The van der Waals surface area contributed by atoms with Crippen LogP contribution in [0.25, 0.3) is 0 Å². The lowest BCUT2D eigenvalue weighted by Gasteiger charge is -2.26. The smallest absolute Gasteiger partial charge is 0.276 e. The number of hydrogen-bond donors (Lipinski definition) is 2. The molecular weight excluding hydrogens is 470 g/mol. The minimum atomic E-state index is -3.74. The summed E-state index contributed by atoms with van der Waals surface area (Å²) in [6.45, 7) is 2.78. The predicted molar refractivity (Wildman–Crippen MR) is 123 cm³/mol. The van der Waals surface area contributed by atoms with Crippen LogP contribution in [0.4, 0.5) is 0 Å². The van der Waals surface area contributed by atoms with Gasteiger partial charge in [0.25, 0.3) is 11.8 Å². The zero-order valence-electron chi connectivity index (χ0n) is 18.2. The van der Waals surface area contributed by atoms with E-state index in [0.29, 0.717) is 31.2 Å². The van der Waals surface area contributed by atoms with Gasteiger partial charge in [-0.15, -0.1) is 0 Å². The quantitative estimate of drug-likeness (QED) is 0.544. The first-order valence-electron chi connectivity index (χ1n) is 10.6. The zero-order valence-corrected chi connectivity index (χ0v) is 19.7. The van der Waals surface area contributed by atoms with E-state index in [1.165, 1.54) is 22.5 Å². The SMILES string of the molecule is CCOc1ccccc1OCC(=O)NNC(=O)c1cc(S(=O)(=O)N2CCCCC2)ccc1Cl. The molecule has 178 valence electrons. The Morgan fingerprint density at radius 3 is 2.33 bits per heavy atom. The number of sulfonamides is 1. The highest BCUT2D eigenvalue weighted by atomic mass is 35.5. The molecule has 1 fully saturated rings. The third-order valence-corrected chi connectivity index (χ3v) is 7.18. The highest BCUT2D eigenvalue weighted by Crippen LogP contribution is 2.26. The number of rotatable bonds is 8. The first-order valence-corrected chi connectivity index (χ1v) is 12.4. The largest absolute Gasteiger partial charge is 0.490 e. The molecule has 0 spiro atoms. The summed E-state index contributed by atoms with van der Waals surface area (Å²) < 4.78 is 38.1. The standard InChI is InChI=1S/C22H26ClN3O6S/c1-2-31-19-8-4-5-9-20(19)32-15-21(27)24-25-22(28)17-14-16(10-11-18(17)23)33(29,30)26-12-6-3-7-13-26/h4-5,8-11,14H,2-3,6-7,12-13,15H2,1H3,(H,24,27)(H,25,28). The summed E-state index contributed by atoms with van der Waals surface area (Å²) in [4.78, 5) is 24.6. The number of nitrogens with one attached hydrogen (secondary N) is 2. The lowest BCUT2D eigenvalue weighted by Crippen LogP contribution is -2.44. The average molecular weight is 496 g/mol. The van der Waals surface area contributed by atoms with Gasteiger partial charge in [-0.2, -0.15) is 4.31 Å². The number of para-hydroxylation sites is 2. The van der Waals surface area contributed by atoms with Gasteiger partial charge in [0.1, 0.15) is 0 Å². The van der Waals surface area contributed by atoms with Crippen LogP contribution in [0.3, 0.4) is 0 Å². The van der Waals surface area contributed by atoms with Crippen molar-refractivity contribution in [3.63, 3.8) is 0 Å². The van der Waals surface area contributed by atoms with Gasteiger partial charge in [-0.05, 0) is 50.1 Å². The number of hydrazine groups is 1. The van der Waals surface area contributed by atoms with Crippen LogP contribution in [0, 0.1) is 0 Å². The van der Waals surface area contributed by atoms with Gasteiger partial charge in [-0.3, -0.25) is 20.4 Å². The zero-order chi connectivity index (χ0) is 23.8. The van der Waals surface area contributed by atoms with Crippen LogP contribution in [0.15, 0.2) is 47.4 Å². The Balaban J connectivity index is 1.61. The summed E-state index contributed by atoms with van der Waals surface area (Å²) in [5.41, 5.74) is 4.39. The molecule has 9 nitrogen and oxygen atoms in total. The third kappa shape index (κ3) is 6.37. The molecule has 0 radical (unpaired) electrons. The number of piperidine rings is 1. The molecule has 2 aromatic rings. The van der Waals surface area contributed by atoms with Crippen molar-refractivity contribution < 1.29 is 27.5 Å².